The Morgan fingerprint density at radius 3 is 2.68 bits per heavy atom. The molecule has 1 N–H and O–H groups in total. The van der Waals surface area contributed by atoms with Gasteiger partial charge in [-0.05, 0) is 54.8 Å². The summed E-state index contributed by atoms with van der Waals surface area (Å²) in [4.78, 5) is 2.46. The first-order valence-corrected chi connectivity index (χ1v) is 7.93. The van der Waals surface area contributed by atoms with Crippen molar-refractivity contribution in [2.75, 3.05) is 18.4 Å². The van der Waals surface area contributed by atoms with Crippen LogP contribution in [0.15, 0.2) is 24.3 Å². The van der Waals surface area contributed by atoms with Gasteiger partial charge in [-0.15, -0.1) is 5.10 Å². The highest BCUT2D eigenvalue weighted by atomic mass is 15.5. The highest BCUT2D eigenvalue weighted by Gasteiger charge is 2.26. The fourth-order valence-electron chi connectivity index (χ4n) is 3.16. The van der Waals surface area contributed by atoms with Gasteiger partial charge < -0.3 is 5.32 Å². The second-order valence-electron chi connectivity index (χ2n) is 6.16. The Labute approximate surface area is 131 Å². The predicted octanol–water partition coefficient (Wildman–Crippen LogP) is 2.16. The first-order chi connectivity index (χ1) is 10.6. The summed E-state index contributed by atoms with van der Waals surface area (Å²) in [5, 5.41) is 15.5. The number of anilines is 1. The van der Waals surface area contributed by atoms with Gasteiger partial charge in [-0.3, -0.25) is 4.90 Å². The smallest absolute Gasteiger partial charge is 0.167 e. The summed E-state index contributed by atoms with van der Waals surface area (Å²) in [5.74, 6) is 0.935. The lowest BCUT2D eigenvalue weighted by atomic mass is 10.0. The standard InChI is InChI=1S/C16H24N6/c1-12-5-4-6-15(11-12)17-14-7-9-22(10-8-14)13(2)16-18-19-20-21(16)3/h4-6,11,13-14,17H,7-10H2,1-3H3. The Hall–Kier alpha value is -1.95. The van der Waals surface area contributed by atoms with E-state index in [1.54, 1.807) is 4.68 Å². The zero-order valence-corrected chi connectivity index (χ0v) is 13.5. The Balaban J connectivity index is 1.55. The summed E-state index contributed by atoms with van der Waals surface area (Å²) in [6.07, 6.45) is 2.28. The van der Waals surface area contributed by atoms with Crippen LogP contribution in [0.4, 0.5) is 5.69 Å². The van der Waals surface area contributed by atoms with Crippen LogP contribution in [0.2, 0.25) is 0 Å². The van der Waals surface area contributed by atoms with Crippen molar-refractivity contribution in [2.45, 2.75) is 38.8 Å². The minimum Gasteiger partial charge on any atom is -0.382 e. The molecular formula is C16H24N6. The fraction of sp³-hybridized carbons (Fsp3) is 0.562. The molecule has 0 aliphatic carbocycles. The lowest BCUT2D eigenvalue weighted by Crippen LogP contribution is -2.41. The molecule has 2 heterocycles. The Kier molecular flexibility index (Phi) is 4.38. The van der Waals surface area contributed by atoms with Crippen LogP contribution in [-0.4, -0.2) is 44.2 Å². The molecular weight excluding hydrogens is 276 g/mol. The molecule has 1 aliphatic rings. The van der Waals surface area contributed by atoms with Crippen molar-refractivity contribution >= 4 is 5.69 Å². The third-order valence-electron chi connectivity index (χ3n) is 4.49. The van der Waals surface area contributed by atoms with E-state index in [1.807, 2.05) is 7.05 Å². The normalized spacial score (nSPS) is 18.3. The molecule has 1 atom stereocenters. The highest BCUT2D eigenvalue weighted by Crippen LogP contribution is 2.24. The molecule has 2 aromatic rings. The van der Waals surface area contributed by atoms with Crippen molar-refractivity contribution in [3.63, 3.8) is 0 Å². The number of aryl methyl sites for hydroxylation is 2. The van der Waals surface area contributed by atoms with Gasteiger partial charge in [-0.1, -0.05) is 12.1 Å². The van der Waals surface area contributed by atoms with Gasteiger partial charge in [-0.2, -0.15) is 0 Å². The van der Waals surface area contributed by atoms with Gasteiger partial charge in [0.1, 0.15) is 0 Å². The second-order valence-corrected chi connectivity index (χ2v) is 6.16. The number of rotatable bonds is 4. The van der Waals surface area contributed by atoms with Gasteiger partial charge in [0, 0.05) is 31.9 Å². The van der Waals surface area contributed by atoms with Crippen LogP contribution in [0.1, 0.15) is 37.2 Å². The first-order valence-electron chi connectivity index (χ1n) is 7.93. The van der Waals surface area contributed by atoms with E-state index in [2.05, 4.69) is 63.9 Å². The zero-order chi connectivity index (χ0) is 15.5. The number of nitrogens with one attached hydrogen (secondary N) is 1. The number of piperidine rings is 1. The number of aromatic nitrogens is 4. The SMILES string of the molecule is Cc1cccc(NC2CCN(C(C)c3nnnn3C)CC2)c1. The number of likely N-dealkylation sites (tertiary alicyclic amines) is 1. The monoisotopic (exact) mass is 300 g/mol. The molecule has 1 unspecified atom stereocenters. The van der Waals surface area contributed by atoms with Gasteiger partial charge in [0.05, 0.1) is 6.04 Å². The maximum Gasteiger partial charge on any atom is 0.167 e. The second kappa shape index (κ2) is 6.44. The van der Waals surface area contributed by atoms with E-state index in [1.165, 1.54) is 11.3 Å². The van der Waals surface area contributed by atoms with Crippen molar-refractivity contribution in [1.82, 2.24) is 25.1 Å². The average Bonchev–Trinajstić information content (AvgIpc) is 2.93. The quantitative estimate of drug-likeness (QED) is 0.937. The van der Waals surface area contributed by atoms with Crippen LogP contribution in [0.5, 0.6) is 0 Å². The summed E-state index contributed by atoms with van der Waals surface area (Å²) >= 11 is 0. The summed E-state index contributed by atoms with van der Waals surface area (Å²) in [6, 6.07) is 9.40. The van der Waals surface area contributed by atoms with E-state index in [0.29, 0.717) is 6.04 Å². The van der Waals surface area contributed by atoms with Crippen LogP contribution < -0.4 is 5.32 Å². The molecule has 1 aromatic heterocycles. The van der Waals surface area contributed by atoms with Gasteiger partial charge in [0.25, 0.3) is 0 Å². The van der Waals surface area contributed by atoms with Crippen LogP contribution in [0.25, 0.3) is 0 Å². The Morgan fingerprint density at radius 2 is 2.05 bits per heavy atom. The molecule has 0 radical (unpaired) electrons. The van der Waals surface area contributed by atoms with E-state index in [9.17, 15) is 0 Å². The summed E-state index contributed by atoms with van der Waals surface area (Å²) < 4.78 is 1.77. The molecule has 1 saturated heterocycles. The molecule has 6 nitrogen and oxygen atoms in total. The van der Waals surface area contributed by atoms with E-state index in [-0.39, 0.29) is 6.04 Å². The lowest BCUT2D eigenvalue weighted by Gasteiger charge is -2.35. The Bertz CT molecular complexity index is 615. The summed E-state index contributed by atoms with van der Waals surface area (Å²) in [7, 11) is 1.90. The van der Waals surface area contributed by atoms with Gasteiger partial charge in [-0.25, -0.2) is 4.68 Å². The molecule has 1 aromatic carbocycles. The lowest BCUT2D eigenvalue weighted by molar-refractivity contribution is 0.159. The third kappa shape index (κ3) is 3.27. The van der Waals surface area contributed by atoms with Gasteiger partial charge in [0.15, 0.2) is 5.82 Å². The third-order valence-corrected chi connectivity index (χ3v) is 4.49. The molecule has 118 valence electrons. The topological polar surface area (TPSA) is 58.9 Å². The van der Waals surface area contributed by atoms with E-state index < -0.39 is 0 Å². The predicted molar refractivity (Wildman–Crippen MR) is 86.6 cm³/mol. The van der Waals surface area contributed by atoms with Crippen molar-refractivity contribution in [3.8, 4) is 0 Å². The number of tetrazole rings is 1. The van der Waals surface area contributed by atoms with Gasteiger partial charge in [0.2, 0.25) is 0 Å². The van der Waals surface area contributed by atoms with Crippen molar-refractivity contribution in [3.05, 3.63) is 35.7 Å². The minimum absolute atomic E-state index is 0.264. The van der Waals surface area contributed by atoms with E-state index in [4.69, 9.17) is 0 Å². The number of hydrogen-bond donors (Lipinski definition) is 1. The summed E-state index contributed by atoms with van der Waals surface area (Å²) in [5.41, 5.74) is 2.52. The Morgan fingerprint density at radius 1 is 1.27 bits per heavy atom. The molecule has 1 fully saturated rings. The van der Waals surface area contributed by atoms with Crippen molar-refractivity contribution in [1.29, 1.82) is 0 Å². The van der Waals surface area contributed by atoms with Crippen molar-refractivity contribution < 1.29 is 0 Å². The van der Waals surface area contributed by atoms with Crippen molar-refractivity contribution in [2.24, 2.45) is 7.05 Å². The number of nitrogens with zero attached hydrogens (tertiary/aromatic N) is 5. The largest absolute Gasteiger partial charge is 0.382 e. The first kappa shape index (κ1) is 15.0. The maximum absolute atomic E-state index is 4.13. The molecule has 0 saturated carbocycles. The number of hydrogen-bond acceptors (Lipinski definition) is 5. The molecule has 0 bridgehead atoms. The highest BCUT2D eigenvalue weighted by molar-refractivity contribution is 5.46. The molecule has 3 rings (SSSR count). The van der Waals surface area contributed by atoms with Crippen LogP contribution in [0.3, 0.4) is 0 Å². The summed E-state index contributed by atoms with van der Waals surface area (Å²) in [6.45, 7) is 6.44. The fourth-order valence-corrected chi connectivity index (χ4v) is 3.16. The molecule has 6 heteroatoms. The minimum atomic E-state index is 0.264. The van der Waals surface area contributed by atoms with Gasteiger partial charge >= 0.3 is 0 Å². The van der Waals surface area contributed by atoms with Crippen LogP contribution >= 0.6 is 0 Å². The zero-order valence-electron chi connectivity index (χ0n) is 13.5. The van der Waals surface area contributed by atoms with Crippen LogP contribution in [-0.2, 0) is 7.05 Å². The maximum atomic E-state index is 4.13. The molecule has 1 aliphatic heterocycles. The molecule has 0 amide bonds. The average molecular weight is 300 g/mol. The van der Waals surface area contributed by atoms with E-state index >= 15 is 0 Å². The molecule has 0 spiro atoms. The van der Waals surface area contributed by atoms with E-state index in [0.717, 1.165) is 31.8 Å². The molecule has 22 heavy (non-hydrogen) atoms. The number of benzene rings is 1. The van der Waals surface area contributed by atoms with Crippen LogP contribution in [0, 0.1) is 6.92 Å².